The van der Waals surface area contributed by atoms with E-state index in [1.807, 2.05) is 54.6 Å². The van der Waals surface area contributed by atoms with Gasteiger partial charge in [-0.05, 0) is 41.1 Å². The van der Waals surface area contributed by atoms with Crippen LogP contribution in [0.3, 0.4) is 0 Å². The van der Waals surface area contributed by atoms with Crippen LogP contribution in [-0.2, 0) is 11.4 Å². The number of carbonyl (C=O) groups is 2. The van der Waals surface area contributed by atoms with Crippen LogP contribution in [-0.4, -0.2) is 22.6 Å². The Morgan fingerprint density at radius 3 is 2.44 bits per heavy atom. The van der Waals surface area contributed by atoms with Crippen molar-refractivity contribution in [3.63, 3.8) is 0 Å². The lowest BCUT2D eigenvalue weighted by molar-refractivity contribution is -0.122. The minimum Gasteiger partial charge on any atom is -0.489 e. The van der Waals surface area contributed by atoms with Gasteiger partial charge in [0.05, 0.1) is 4.91 Å². The number of hydrogen-bond acceptors (Lipinski definition) is 4. The highest BCUT2D eigenvalue weighted by Crippen LogP contribution is 2.32. The van der Waals surface area contributed by atoms with Crippen LogP contribution in [0.2, 0.25) is 0 Å². The predicted octanol–water partition coefficient (Wildman–Crippen LogP) is 4.49. The van der Waals surface area contributed by atoms with Gasteiger partial charge >= 0.3 is 0 Å². The van der Waals surface area contributed by atoms with Crippen LogP contribution in [0.4, 0.5) is 4.79 Å². The SMILES string of the molecule is C=CCN1C(=O)S/C(=C/c2ccc(OCc3ccccc3)cc2)C1=O. The summed E-state index contributed by atoms with van der Waals surface area (Å²) >= 11 is 0.948. The molecule has 0 N–H and O–H groups in total. The molecule has 5 heteroatoms. The monoisotopic (exact) mass is 351 g/mol. The number of amides is 2. The topological polar surface area (TPSA) is 46.6 Å². The standard InChI is InChI=1S/C20H17NO3S/c1-2-12-21-19(22)18(25-20(21)23)13-15-8-10-17(11-9-15)24-14-16-6-4-3-5-7-16/h2-11,13H,1,12,14H2/b18-13+. The molecule has 0 bridgehead atoms. The van der Waals surface area contributed by atoms with Gasteiger partial charge in [0.2, 0.25) is 0 Å². The molecule has 0 saturated carbocycles. The Kier molecular flexibility index (Phi) is 5.36. The Morgan fingerprint density at radius 2 is 1.76 bits per heavy atom. The van der Waals surface area contributed by atoms with Crippen molar-refractivity contribution in [2.45, 2.75) is 6.61 Å². The Bertz CT molecular complexity index is 813. The first-order chi connectivity index (χ1) is 12.2. The molecular formula is C20H17NO3S. The molecule has 0 aromatic heterocycles. The lowest BCUT2D eigenvalue weighted by Gasteiger charge is -2.08. The molecule has 0 radical (unpaired) electrons. The van der Waals surface area contributed by atoms with E-state index in [1.54, 1.807) is 6.08 Å². The summed E-state index contributed by atoms with van der Waals surface area (Å²) in [6.07, 6.45) is 3.26. The minimum atomic E-state index is -0.278. The molecule has 2 aromatic carbocycles. The first-order valence-electron chi connectivity index (χ1n) is 7.80. The van der Waals surface area contributed by atoms with Crippen LogP contribution in [0.1, 0.15) is 11.1 Å². The number of imide groups is 1. The number of carbonyl (C=O) groups excluding carboxylic acids is 2. The van der Waals surface area contributed by atoms with Gasteiger partial charge in [-0.1, -0.05) is 48.5 Å². The fourth-order valence-electron chi connectivity index (χ4n) is 2.34. The molecular weight excluding hydrogens is 334 g/mol. The van der Waals surface area contributed by atoms with Crippen molar-refractivity contribution in [1.82, 2.24) is 4.90 Å². The van der Waals surface area contributed by atoms with E-state index in [1.165, 1.54) is 11.0 Å². The van der Waals surface area contributed by atoms with Gasteiger partial charge in [-0.25, -0.2) is 0 Å². The summed E-state index contributed by atoms with van der Waals surface area (Å²) in [5, 5.41) is -0.265. The van der Waals surface area contributed by atoms with Gasteiger partial charge in [0.25, 0.3) is 11.1 Å². The molecule has 25 heavy (non-hydrogen) atoms. The Hall–Kier alpha value is -2.79. The van der Waals surface area contributed by atoms with Crippen molar-refractivity contribution in [3.05, 3.63) is 83.3 Å². The van der Waals surface area contributed by atoms with E-state index < -0.39 is 0 Å². The van der Waals surface area contributed by atoms with Crippen molar-refractivity contribution in [3.8, 4) is 5.75 Å². The lowest BCUT2D eigenvalue weighted by Crippen LogP contribution is -2.27. The molecule has 4 nitrogen and oxygen atoms in total. The molecule has 1 aliphatic heterocycles. The van der Waals surface area contributed by atoms with E-state index in [4.69, 9.17) is 4.74 Å². The molecule has 1 fully saturated rings. The van der Waals surface area contributed by atoms with E-state index in [0.717, 1.165) is 28.6 Å². The number of rotatable bonds is 6. The molecule has 0 unspecified atom stereocenters. The van der Waals surface area contributed by atoms with Crippen LogP contribution < -0.4 is 4.74 Å². The molecule has 0 spiro atoms. The second-order valence-corrected chi connectivity index (χ2v) is 6.42. The lowest BCUT2D eigenvalue weighted by atomic mass is 10.2. The van der Waals surface area contributed by atoms with Crippen molar-refractivity contribution in [2.75, 3.05) is 6.54 Å². The van der Waals surface area contributed by atoms with E-state index in [2.05, 4.69) is 6.58 Å². The number of benzene rings is 2. The van der Waals surface area contributed by atoms with Crippen LogP contribution in [0.5, 0.6) is 5.75 Å². The smallest absolute Gasteiger partial charge is 0.293 e. The summed E-state index contributed by atoms with van der Waals surface area (Å²) in [4.78, 5) is 25.6. The molecule has 2 aromatic rings. The van der Waals surface area contributed by atoms with Crippen molar-refractivity contribution in [1.29, 1.82) is 0 Å². The van der Waals surface area contributed by atoms with Gasteiger partial charge in [0, 0.05) is 6.54 Å². The summed E-state index contributed by atoms with van der Waals surface area (Å²) < 4.78 is 5.74. The predicted molar refractivity (Wildman–Crippen MR) is 100 cm³/mol. The Morgan fingerprint density at radius 1 is 1.04 bits per heavy atom. The molecule has 2 amide bonds. The maximum atomic E-state index is 12.2. The van der Waals surface area contributed by atoms with E-state index in [-0.39, 0.29) is 17.7 Å². The summed E-state index contributed by atoms with van der Waals surface area (Å²) in [6, 6.07) is 17.4. The van der Waals surface area contributed by atoms with E-state index in [9.17, 15) is 9.59 Å². The highest BCUT2D eigenvalue weighted by atomic mass is 32.2. The number of nitrogens with zero attached hydrogens (tertiary/aromatic N) is 1. The average Bonchev–Trinajstić information content (AvgIpc) is 2.90. The van der Waals surface area contributed by atoms with Crippen LogP contribution in [0.25, 0.3) is 6.08 Å². The first kappa shape index (κ1) is 17.0. The van der Waals surface area contributed by atoms with Gasteiger partial charge in [-0.3, -0.25) is 14.5 Å². The van der Waals surface area contributed by atoms with Crippen molar-refractivity contribution >= 4 is 29.0 Å². The second-order valence-electron chi connectivity index (χ2n) is 5.42. The molecule has 1 heterocycles. The molecule has 126 valence electrons. The average molecular weight is 351 g/mol. The van der Waals surface area contributed by atoms with Gasteiger partial charge < -0.3 is 4.74 Å². The molecule has 1 saturated heterocycles. The number of hydrogen-bond donors (Lipinski definition) is 0. The van der Waals surface area contributed by atoms with Gasteiger partial charge in [-0.15, -0.1) is 6.58 Å². The maximum Gasteiger partial charge on any atom is 0.293 e. The third-order valence-corrected chi connectivity index (χ3v) is 4.52. The quantitative estimate of drug-likeness (QED) is 0.568. The van der Waals surface area contributed by atoms with Gasteiger partial charge in [-0.2, -0.15) is 0 Å². The van der Waals surface area contributed by atoms with Crippen molar-refractivity contribution in [2.24, 2.45) is 0 Å². The minimum absolute atomic E-state index is 0.230. The molecule has 1 aliphatic rings. The summed E-state index contributed by atoms with van der Waals surface area (Å²) in [6.45, 7) is 4.29. The number of thioether (sulfide) groups is 1. The third kappa shape index (κ3) is 4.19. The van der Waals surface area contributed by atoms with Gasteiger partial charge in [0.15, 0.2) is 0 Å². The van der Waals surface area contributed by atoms with Crippen LogP contribution in [0, 0.1) is 0 Å². The largest absolute Gasteiger partial charge is 0.489 e. The number of ether oxygens (including phenoxy) is 1. The van der Waals surface area contributed by atoms with Crippen LogP contribution in [0.15, 0.2) is 72.2 Å². The summed E-state index contributed by atoms with van der Waals surface area (Å²) in [5.74, 6) is 0.472. The summed E-state index contributed by atoms with van der Waals surface area (Å²) in [7, 11) is 0. The zero-order valence-electron chi connectivity index (χ0n) is 13.6. The highest BCUT2D eigenvalue weighted by molar-refractivity contribution is 8.18. The molecule has 3 rings (SSSR count). The van der Waals surface area contributed by atoms with E-state index >= 15 is 0 Å². The third-order valence-electron chi connectivity index (χ3n) is 3.61. The maximum absolute atomic E-state index is 12.2. The Labute approximate surface area is 150 Å². The molecule has 0 aliphatic carbocycles. The van der Waals surface area contributed by atoms with E-state index in [0.29, 0.717) is 11.5 Å². The van der Waals surface area contributed by atoms with Crippen LogP contribution >= 0.6 is 11.8 Å². The van der Waals surface area contributed by atoms with Gasteiger partial charge in [0.1, 0.15) is 12.4 Å². The zero-order valence-corrected chi connectivity index (χ0v) is 14.4. The Balaban J connectivity index is 1.65. The first-order valence-corrected chi connectivity index (χ1v) is 8.62. The summed E-state index contributed by atoms with van der Waals surface area (Å²) in [5.41, 5.74) is 1.94. The highest BCUT2D eigenvalue weighted by Gasteiger charge is 2.33. The van der Waals surface area contributed by atoms with Crippen molar-refractivity contribution < 1.29 is 14.3 Å². The normalized spacial score (nSPS) is 15.7. The fourth-order valence-corrected chi connectivity index (χ4v) is 3.19. The second kappa shape index (κ2) is 7.85. The zero-order chi connectivity index (χ0) is 17.6. The fraction of sp³-hybridized carbons (Fsp3) is 0.100. The molecule has 0 atom stereocenters.